The molecule has 0 bridgehead atoms. The van der Waals surface area contributed by atoms with Crippen molar-refractivity contribution in [3.05, 3.63) is 98.2 Å². The van der Waals surface area contributed by atoms with Gasteiger partial charge in [-0.2, -0.15) is 0 Å². The number of hydrogen-bond acceptors (Lipinski definition) is 6. The third-order valence-corrected chi connectivity index (χ3v) is 5.32. The lowest BCUT2D eigenvalue weighted by Crippen LogP contribution is -2.40. The molecule has 0 atom stereocenters. The summed E-state index contributed by atoms with van der Waals surface area (Å²) in [5.41, 5.74) is 0.286. The fourth-order valence-corrected chi connectivity index (χ4v) is 3.41. The molecule has 0 unspecified atom stereocenters. The van der Waals surface area contributed by atoms with Gasteiger partial charge in [-0.1, -0.05) is 11.6 Å². The van der Waals surface area contributed by atoms with Crippen molar-refractivity contribution in [1.29, 1.82) is 0 Å². The van der Waals surface area contributed by atoms with Gasteiger partial charge in [-0.25, -0.2) is 9.78 Å². The Labute approximate surface area is 193 Å². The van der Waals surface area contributed by atoms with Crippen molar-refractivity contribution in [3.63, 3.8) is 0 Å². The van der Waals surface area contributed by atoms with Crippen LogP contribution in [0.15, 0.2) is 70.6 Å². The maximum Gasteiger partial charge on any atom is 0.331 e. The molecule has 168 valence electrons. The molecule has 1 amide bonds. The van der Waals surface area contributed by atoms with E-state index in [0.717, 1.165) is 10.1 Å². The number of amides is 1. The van der Waals surface area contributed by atoms with Crippen LogP contribution in [0.25, 0.3) is 10.9 Å². The smallest absolute Gasteiger partial charge is 0.331 e. The normalized spacial score (nSPS) is 10.8. The van der Waals surface area contributed by atoms with Crippen molar-refractivity contribution in [1.82, 2.24) is 24.4 Å². The molecular weight excluding hydrogens is 446 g/mol. The van der Waals surface area contributed by atoms with E-state index in [0.29, 0.717) is 22.8 Å². The predicted molar refractivity (Wildman–Crippen MR) is 124 cm³/mol. The summed E-state index contributed by atoms with van der Waals surface area (Å²) in [5, 5.41) is 3.56. The number of hydrogen-bond donors (Lipinski definition) is 1. The maximum absolute atomic E-state index is 13.1. The van der Waals surface area contributed by atoms with Gasteiger partial charge in [-0.3, -0.25) is 23.7 Å². The van der Waals surface area contributed by atoms with E-state index >= 15 is 0 Å². The fourth-order valence-electron chi connectivity index (χ4n) is 3.28. The molecule has 4 rings (SSSR count). The first-order chi connectivity index (χ1) is 15.9. The number of carbonyl (C=O) groups is 1. The third kappa shape index (κ3) is 4.93. The fraction of sp³-hybridized carbons (Fsp3) is 0.174. The molecule has 4 aromatic rings. The van der Waals surface area contributed by atoms with Gasteiger partial charge in [0.2, 0.25) is 0 Å². The molecule has 0 aliphatic carbocycles. The number of pyridine rings is 2. The second-order valence-corrected chi connectivity index (χ2v) is 7.66. The highest BCUT2D eigenvalue weighted by molar-refractivity contribution is 6.30. The Morgan fingerprint density at radius 2 is 1.85 bits per heavy atom. The molecule has 10 heteroatoms. The van der Waals surface area contributed by atoms with E-state index in [-0.39, 0.29) is 24.2 Å². The van der Waals surface area contributed by atoms with E-state index in [1.165, 1.54) is 16.8 Å². The van der Waals surface area contributed by atoms with Gasteiger partial charge in [0.25, 0.3) is 11.5 Å². The van der Waals surface area contributed by atoms with Crippen molar-refractivity contribution in [3.8, 4) is 5.75 Å². The number of rotatable bonds is 7. The number of carbonyl (C=O) groups excluding carboxylic acids is 1. The average Bonchev–Trinajstić information content (AvgIpc) is 2.84. The lowest BCUT2D eigenvalue weighted by atomic mass is 10.2. The molecule has 0 radical (unpaired) electrons. The Hall–Kier alpha value is -3.98. The van der Waals surface area contributed by atoms with Crippen molar-refractivity contribution in [2.45, 2.75) is 13.1 Å². The zero-order valence-electron chi connectivity index (χ0n) is 17.7. The molecule has 3 aromatic heterocycles. The van der Waals surface area contributed by atoms with Crippen molar-refractivity contribution in [2.75, 3.05) is 6.61 Å². The molecule has 0 saturated heterocycles. The van der Waals surface area contributed by atoms with Crippen LogP contribution < -0.4 is 21.3 Å². The molecule has 0 fully saturated rings. The number of nitrogens with zero attached hydrogens (tertiary/aromatic N) is 4. The van der Waals surface area contributed by atoms with E-state index in [1.54, 1.807) is 55.8 Å². The van der Waals surface area contributed by atoms with Crippen LogP contribution in [0.4, 0.5) is 0 Å². The summed E-state index contributed by atoms with van der Waals surface area (Å²) in [6, 6.07) is 11.7. The molecule has 3 heterocycles. The second kappa shape index (κ2) is 9.66. The number of aryl methyl sites for hydroxylation is 1. The van der Waals surface area contributed by atoms with Gasteiger partial charge in [0, 0.05) is 31.0 Å². The zero-order valence-corrected chi connectivity index (χ0v) is 18.5. The molecule has 33 heavy (non-hydrogen) atoms. The maximum atomic E-state index is 13.1. The Kier molecular flexibility index (Phi) is 6.50. The Morgan fingerprint density at radius 3 is 2.58 bits per heavy atom. The van der Waals surface area contributed by atoms with Gasteiger partial charge >= 0.3 is 5.69 Å². The summed E-state index contributed by atoms with van der Waals surface area (Å²) in [6.07, 6.45) is 4.62. The highest BCUT2D eigenvalue weighted by atomic mass is 35.5. The quantitative estimate of drug-likeness (QED) is 0.448. The molecule has 0 aliphatic rings. The lowest BCUT2D eigenvalue weighted by molar-refractivity contribution is 0.0946. The van der Waals surface area contributed by atoms with E-state index in [2.05, 4.69) is 15.3 Å². The highest BCUT2D eigenvalue weighted by Crippen LogP contribution is 2.15. The topological polar surface area (TPSA) is 108 Å². The van der Waals surface area contributed by atoms with Crippen LogP contribution >= 0.6 is 11.6 Å². The minimum absolute atomic E-state index is 0.0377. The largest absolute Gasteiger partial charge is 0.492 e. The number of ether oxygens (including phenoxy) is 1. The minimum atomic E-state index is -0.515. The molecular formula is C23H20ClN5O4. The standard InChI is InChI=1S/C23H20ClN5O4/c1-28-20-14-26-19(21(30)27-13-15-6-8-25-9-7-15)12-18(20)22(31)29(23(28)32)10-11-33-17-4-2-16(24)3-5-17/h2-9,12,14H,10-11,13H2,1H3,(H,27,30). The molecule has 0 aliphatic heterocycles. The number of benzene rings is 1. The van der Waals surface area contributed by atoms with E-state index in [4.69, 9.17) is 16.3 Å². The zero-order chi connectivity index (χ0) is 23.4. The van der Waals surface area contributed by atoms with Gasteiger partial charge < -0.3 is 10.1 Å². The van der Waals surface area contributed by atoms with Crippen LogP contribution in [-0.2, 0) is 20.1 Å². The van der Waals surface area contributed by atoms with Gasteiger partial charge in [0.15, 0.2) is 0 Å². The van der Waals surface area contributed by atoms with Gasteiger partial charge in [-0.05, 0) is 48.0 Å². The Balaban J connectivity index is 1.56. The molecule has 0 saturated carbocycles. The van der Waals surface area contributed by atoms with Crippen molar-refractivity contribution in [2.24, 2.45) is 7.05 Å². The minimum Gasteiger partial charge on any atom is -0.492 e. The Bertz CT molecular complexity index is 1420. The monoisotopic (exact) mass is 465 g/mol. The Morgan fingerprint density at radius 1 is 1.12 bits per heavy atom. The van der Waals surface area contributed by atoms with Crippen LogP contribution in [0.1, 0.15) is 16.1 Å². The molecule has 1 aromatic carbocycles. The van der Waals surface area contributed by atoms with Crippen LogP contribution in [-0.4, -0.2) is 31.6 Å². The predicted octanol–water partition coefficient (Wildman–Crippen LogP) is 2.15. The van der Waals surface area contributed by atoms with E-state index in [9.17, 15) is 14.4 Å². The number of fused-ring (bicyclic) bond motifs is 1. The first-order valence-corrected chi connectivity index (χ1v) is 10.5. The first-order valence-electron chi connectivity index (χ1n) is 10.1. The summed E-state index contributed by atoms with van der Waals surface area (Å²) in [6.45, 7) is 0.434. The molecule has 0 spiro atoms. The van der Waals surface area contributed by atoms with Crippen LogP contribution in [0.5, 0.6) is 5.75 Å². The highest BCUT2D eigenvalue weighted by Gasteiger charge is 2.15. The van der Waals surface area contributed by atoms with Gasteiger partial charge in [-0.15, -0.1) is 0 Å². The first kappa shape index (κ1) is 22.2. The van der Waals surface area contributed by atoms with E-state index in [1.807, 2.05) is 0 Å². The summed E-state index contributed by atoms with van der Waals surface area (Å²) < 4.78 is 8.02. The van der Waals surface area contributed by atoms with Crippen molar-refractivity contribution >= 4 is 28.4 Å². The molecule has 1 N–H and O–H groups in total. The summed E-state index contributed by atoms with van der Waals surface area (Å²) in [5.74, 6) is 0.141. The second-order valence-electron chi connectivity index (χ2n) is 7.23. The van der Waals surface area contributed by atoms with Crippen LogP contribution in [0.2, 0.25) is 5.02 Å². The molecule has 9 nitrogen and oxygen atoms in total. The summed E-state index contributed by atoms with van der Waals surface area (Å²) >= 11 is 5.86. The number of nitrogens with one attached hydrogen (secondary N) is 1. The summed E-state index contributed by atoms with van der Waals surface area (Å²) in [7, 11) is 1.55. The van der Waals surface area contributed by atoms with Crippen LogP contribution in [0.3, 0.4) is 0 Å². The van der Waals surface area contributed by atoms with Gasteiger partial charge in [0.1, 0.15) is 18.1 Å². The summed E-state index contributed by atoms with van der Waals surface area (Å²) in [4.78, 5) is 46.4. The van der Waals surface area contributed by atoms with Gasteiger partial charge in [0.05, 0.1) is 23.6 Å². The van der Waals surface area contributed by atoms with E-state index < -0.39 is 17.2 Å². The number of aromatic nitrogens is 4. The lowest BCUT2D eigenvalue weighted by Gasteiger charge is -2.12. The third-order valence-electron chi connectivity index (χ3n) is 5.07. The average molecular weight is 466 g/mol. The van der Waals surface area contributed by atoms with Crippen molar-refractivity contribution < 1.29 is 9.53 Å². The number of halogens is 1. The van der Waals surface area contributed by atoms with Crippen LogP contribution in [0, 0.1) is 0 Å². The SMILES string of the molecule is Cn1c(=O)n(CCOc2ccc(Cl)cc2)c(=O)c2cc(C(=O)NCc3ccncc3)ncc21.